The van der Waals surface area contributed by atoms with Crippen molar-refractivity contribution in [3.8, 4) is 0 Å². The normalized spacial score (nSPS) is 18.3. The molecule has 3 N–H and O–H groups in total. The first kappa shape index (κ1) is 13.7. The van der Waals surface area contributed by atoms with Gasteiger partial charge in [-0.15, -0.1) is 0 Å². The van der Waals surface area contributed by atoms with Gasteiger partial charge in [0.1, 0.15) is 0 Å². The Labute approximate surface area is 113 Å². The van der Waals surface area contributed by atoms with Gasteiger partial charge >= 0.3 is 0 Å². The summed E-state index contributed by atoms with van der Waals surface area (Å²) in [5, 5.41) is 2.59. The molecule has 1 atom stereocenters. The SMILES string of the molecule is CNC(=O)c1ccc(N(C)CC2CCCO2)c(N)c1. The Kier molecular flexibility index (Phi) is 4.27. The Morgan fingerprint density at radius 2 is 2.37 bits per heavy atom. The number of hydrogen-bond acceptors (Lipinski definition) is 4. The van der Waals surface area contributed by atoms with Crippen molar-refractivity contribution in [1.29, 1.82) is 0 Å². The molecule has 1 saturated heterocycles. The molecule has 1 heterocycles. The predicted octanol–water partition coefficient (Wildman–Crippen LogP) is 1.24. The van der Waals surface area contributed by atoms with Crippen molar-refractivity contribution in [3.05, 3.63) is 23.8 Å². The van der Waals surface area contributed by atoms with Gasteiger partial charge in [-0.05, 0) is 31.0 Å². The lowest BCUT2D eigenvalue weighted by atomic mass is 10.1. The van der Waals surface area contributed by atoms with Crippen LogP contribution in [0.2, 0.25) is 0 Å². The Bertz CT molecular complexity index is 456. The monoisotopic (exact) mass is 263 g/mol. The highest BCUT2D eigenvalue weighted by Gasteiger charge is 2.18. The van der Waals surface area contributed by atoms with E-state index in [1.807, 2.05) is 13.1 Å². The van der Waals surface area contributed by atoms with E-state index in [0.29, 0.717) is 11.3 Å². The maximum absolute atomic E-state index is 11.5. The van der Waals surface area contributed by atoms with Crippen LogP contribution in [0.4, 0.5) is 11.4 Å². The fourth-order valence-electron chi connectivity index (χ4n) is 2.38. The molecule has 1 aromatic rings. The minimum Gasteiger partial charge on any atom is -0.397 e. The van der Waals surface area contributed by atoms with Gasteiger partial charge in [0.25, 0.3) is 5.91 Å². The molecule has 2 rings (SSSR count). The molecule has 0 radical (unpaired) electrons. The molecule has 0 aromatic heterocycles. The molecule has 19 heavy (non-hydrogen) atoms. The number of anilines is 2. The molecular formula is C14H21N3O2. The van der Waals surface area contributed by atoms with Crippen LogP contribution in [-0.4, -0.2) is 39.3 Å². The summed E-state index contributed by atoms with van der Waals surface area (Å²) in [7, 11) is 3.60. The zero-order valence-corrected chi connectivity index (χ0v) is 11.5. The number of nitrogens with two attached hydrogens (primary N) is 1. The average Bonchev–Trinajstić information content (AvgIpc) is 2.90. The molecule has 0 spiro atoms. The summed E-state index contributed by atoms with van der Waals surface area (Å²) in [6.45, 7) is 1.67. The lowest BCUT2D eigenvalue weighted by Crippen LogP contribution is -2.29. The molecule has 0 aliphatic carbocycles. The zero-order valence-electron chi connectivity index (χ0n) is 11.5. The van der Waals surface area contributed by atoms with Crippen LogP contribution in [0.1, 0.15) is 23.2 Å². The number of rotatable bonds is 4. The third-order valence-electron chi connectivity index (χ3n) is 3.43. The number of carbonyl (C=O) groups is 1. The number of nitrogens with zero attached hydrogens (tertiary/aromatic N) is 1. The van der Waals surface area contributed by atoms with Gasteiger partial charge in [-0.1, -0.05) is 0 Å². The summed E-state index contributed by atoms with van der Waals surface area (Å²) < 4.78 is 5.62. The van der Waals surface area contributed by atoms with Crippen LogP contribution in [0.25, 0.3) is 0 Å². The first-order valence-corrected chi connectivity index (χ1v) is 6.56. The Morgan fingerprint density at radius 3 is 2.95 bits per heavy atom. The summed E-state index contributed by atoms with van der Waals surface area (Å²) in [6.07, 6.45) is 2.51. The van der Waals surface area contributed by atoms with E-state index < -0.39 is 0 Å². The zero-order chi connectivity index (χ0) is 13.8. The second kappa shape index (κ2) is 5.93. The Hall–Kier alpha value is -1.75. The molecule has 104 valence electrons. The average molecular weight is 263 g/mol. The summed E-state index contributed by atoms with van der Waals surface area (Å²) in [5.41, 5.74) is 8.15. The summed E-state index contributed by atoms with van der Waals surface area (Å²) in [6, 6.07) is 5.38. The van der Waals surface area contributed by atoms with Crippen molar-refractivity contribution < 1.29 is 9.53 Å². The summed E-state index contributed by atoms with van der Waals surface area (Å²) >= 11 is 0. The van der Waals surface area contributed by atoms with Gasteiger partial charge in [-0.3, -0.25) is 4.79 Å². The minimum absolute atomic E-state index is 0.125. The Morgan fingerprint density at radius 1 is 1.58 bits per heavy atom. The van der Waals surface area contributed by atoms with E-state index in [0.717, 1.165) is 31.7 Å². The van der Waals surface area contributed by atoms with Crippen molar-refractivity contribution in [3.63, 3.8) is 0 Å². The molecule has 0 bridgehead atoms. The van der Waals surface area contributed by atoms with E-state index >= 15 is 0 Å². The third kappa shape index (κ3) is 3.17. The minimum atomic E-state index is -0.125. The maximum Gasteiger partial charge on any atom is 0.251 e. The quantitative estimate of drug-likeness (QED) is 0.802. The smallest absolute Gasteiger partial charge is 0.251 e. The van der Waals surface area contributed by atoms with Crippen LogP contribution in [0.15, 0.2) is 18.2 Å². The van der Waals surface area contributed by atoms with E-state index in [9.17, 15) is 4.79 Å². The van der Waals surface area contributed by atoms with Gasteiger partial charge in [0.15, 0.2) is 0 Å². The van der Waals surface area contributed by atoms with Crippen molar-refractivity contribution in [1.82, 2.24) is 5.32 Å². The van der Waals surface area contributed by atoms with Gasteiger partial charge in [0.2, 0.25) is 0 Å². The number of amides is 1. The second-order valence-corrected chi connectivity index (χ2v) is 4.87. The summed E-state index contributed by atoms with van der Waals surface area (Å²) in [4.78, 5) is 13.6. The highest BCUT2D eigenvalue weighted by atomic mass is 16.5. The predicted molar refractivity (Wildman–Crippen MR) is 76.5 cm³/mol. The van der Waals surface area contributed by atoms with Crippen molar-refractivity contribution in [2.75, 3.05) is 37.9 Å². The molecule has 1 aliphatic rings. The van der Waals surface area contributed by atoms with Gasteiger partial charge in [-0.2, -0.15) is 0 Å². The van der Waals surface area contributed by atoms with Crippen molar-refractivity contribution in [2.45, 2.75) is 18.9 Å². The third-order valence-corrected chi connectivity index (χ3v) is 3.43. The van der Waals surface area contributed by atoms with Crippen molar-refractivity contribution >= 4 is 17.3 Å². The number of carbonyl (C=O) groups excluding carboxylic acids is 1. The number of ether oxygens (including phenoxy) is 1. The topological polar surface area (TPSA) is 67.6 Å². The second-order valence-electron chi connectivity index (χ2n) is 4.87. The maximum atomic E-state index is 11.5. The van der Waals surface area contributed by atoms with Gasteiger partial charge in [0.05, 0.1) is 17.5 Å². The first-order chi connectivity index (χ1) is 9.11. The van der Waals surface area contributed by atoms with E-state index in [2.05, 4.69) is 10.2 Å². The molecule has 5 heteroatoms. The molecule has 1 unspecified atom stereocenters. The number of nitrogen functional groups attached to an aromatic ring is 1. The van der Waals surface area contributed by atoms with E-state index in [1.54, 1.807) is 19.2 Å². The Balaban J connectivity index is 2.08. The first-order valence-electron chi connectivity index (χ1n) is 6.56. The summed E-state index contributed by atoms with van der Waals surface area (Å²) in [5.74, 6) is -0.125. The number of hydrogen-bond donors (Lipinski definition) is 2. The van der Waals surface area contributed by atoms with E-state index in [4.69, 9.17) is 10.5 Å². The molecule has 1 aromatic carbocycles. The molecule has 1 fully saturated rings. The molecule has 1 amide bonds. The fraction of sp³-hybridized carbons (Fsp3) is 0.500. The van der Waals surface area contributed by atoms with Crippen LogP contribution in [0, 0.1) is 0 Å². The van der Waals surface area contributed by atoms with Crippen LogP contribution < -0.4 is 16.0 Å². The highest BCUT2D eigenvalue weighted by Crippen LogP contribution is 2.25. The van der Waals surface area contributed by atoms with E-state index in [-0.39, 0.29) is 12.0 Å². The van der Waals surface area contributed by atoms with Crippen LogP contribution in [0.3, 0.4) is 0 Å². The van der Waals surface area contributed by atoms with Gasteiger partial charge in [0, 0.05) is 32.8 Å². The van der Waals surface area contributed by atoms with Gasteiger partial charge in [-0.25, -0.2) is 0 Å². The molecule has 5 nitrogen and oxygen atoms in total. The number of likely N-dealkylation sites (N-methyl/N-ethyl adjacent to an activating group) is 1. The standard InChI is InChI=1S/C14H21N3O2/c1-16-14(18)10-5-6-13(12(15)8-10)17(2)9-11-4-3-7-19-11/h5-6,8,11H,3-4,7,9,15H2,1-2H3,(H,16,18). The largest absolute Gasteiger partial charge is 0.397 e. The number of benzene rings is 1. The van der Waals surface area contributed by atoms with Crippen LogP contribution >= 0.6 is 0 Å². The molecule has 0 saturated carbocycles. The van der Waals surface area contributed by atoms with E-state index in [1.165, 1.54) is 0 Å². The fourth-order valence-corrected chi connectivity index (χ4v) is 2.38. The van der Waals surface area contributed by atoms with Gasteiger partial charge < -0.3 is 20.7 Å². The van der Waals surface area contributed by atoms with Crippen LogP contribution in [0.5, 0.6) is 0 Å². The lowest BCUT2D eigenvalue weighted by molar-refractivity contribution is 0.0963. The lowest BCUT2D eigenvalue weighted by Gasteiger charge is -2.24. The van der Waals surface area contributed by atoms with Crippen molar-refractivity contribution in [2.24, 2.45) is 0 Å². The molecular weight excluding hydrogens is 242 g/mol. The highest BCUT2D eigenvalue weighted by molar-refractivity contribution is 5.96. The number of nitrogens with one attached hydrogen (secondary N) is 1. The molecule has 1 aliphatic heterocycles. The van der Waals surface area contributed by atoms with Crippen LogP contribution in [-0.2, 0) is 4.74 Å².